The number of aromatic nitrogens is 2. The van der Waals surface area contributed by atoms with Crippen molar-refractivity contribution in [2.75, 3.05) is 17.3 Å². The number of halogens is 3. The largest absolute Gasteiger partial charge is 0.389 e. The minimum absolute atomic E-state index is 0.101. The molecule has 17 heavy (non-hydrogen) atoms. The maximum absolute atomic E-state index is 11.8. The van der Waals surface area contributed by atoms with E-state index in [1.165, 1.54) is 6.33 Å². The van der Waals surface area contributed by atoms with Crippen LogP contribution in [0.5, 0.6) is 0 Å². The lowest BCUT2D eigenvalue weighted by Gasteiger charge is -2.07. The molecule has 0 aliphatic carbocycles. The van der Waals surface area contributed by atoms with Gasteiger partial charge in [0.25, 0.3) is 0 Å². The molecule has 0 radical (unpaired) electrons. The van der Waals surface area contributed by atoms with E-state index in [2.05, 4.69) is 20.7 Å². The molecule has 0 saturated heterocycles. The number of hydrogen-bond donors (Lipinski definition) is 3. The van der Waals surface area contributed by atoms with Crippen LogP contribution in [0.3, 0.4) is 0 Å². The third kappa shape index (κ3) is 5.91. The summed E-state index contributed by atoms with van der Waals surface area (Å²) < 4.78 is 35.5. The lowest BCUT2D eigenvalue weighted by atomic mass is 10.2. The Kier molecular flexibility index (Phi) is 4.95. The molecule has 96 valence electrons. The highest BCUT2D eigenvalue weighted by molar-refractivity contribution is 5.45. The van der Waals surface area contributed by atoms with Crippen LogP contribution in [0, 0.1) is 0 Å². The van der Waals surface area contributed by atoms with Gasteiger partial charge in [0, 0.05) is 19.0 Å². The van der Waals surface area contributed by atoms with Gasteiger partial charge in [-0.1, -0.05) is 0 Å². The third-order valence-corrected chi connectivity index (χ3v) is 2.01. The quantitative estimate of drug-likeness (QED) is 0.408. The predicted octanol–water partition coefficient (Wildman–Crippen LogP) is 1.91. The van der Waals surface area contributed by atoms with Crippen LogP contribution < -0.4 is 16.6 Å². The summed E-state index contributed by atoms with van der Waals surface area (Å²) in [7, 11) is 0. The molecular formula is C9H14F3N5. The highest BCUT2D eigenvalue weighted by Crippen LogP contribution is 2.22. The summed E-state index contributed by atoms with van der Waals surface area (Å²) in [5.41, 5.74) is 2.35. The highest BCUT2D eigenvalue weighted by Gasteiger charge is 2.25. The van der Waals surface area contributed by atoms with Gasteiger partial charge in [0.2, 0.25) is 0 Å². The smallest absolute Gasteiger partial charge is 0.370 e. The Morgan fingerprint density at radius 2 is 1.88 bits per heavy atom. The zero-order valence-electron chi connectivity index (χ0n) is 9.09. The van der Waals surface area contributed by atoms with Crippen LogP contribution in [0.15, 0.2) is 12.4 Å². The maximum Gasteiger partial charge on any atom is 0.389 e. The van der Waals surface area contributed by atoms with Gasteiger partial charge in [-0.05, 0) is 12.8 Å². The first-order valence-electron chi connectivity index (χ1n) is 5.10. The number of rotatable bonds is 6. The van der Waals surface area contributed by atoms with Crippen molar-refractivity contribution in [1.82, 2.24) is 9.97 Å². The van der Waals surface area contributed by atoms with Gasteiger partial charge in [-0.3, -0.25) is 0 Å². The van der Waals surface area contributed by atoms with Gasteiger partial charge >= 0.3 is 6.18 Å². The van der Waals surface area contributed by atoms with Gasteiger partial charge in [0.05, 0.1) is 0 Å². The van der Waals surface area contributed by atoms with Gasteiger partial charge in [0.1, 0.15) is 18.0 Å². The standard InChI is InChI=1S/C9H14F3N5/c10-9(11,12)3-1-2-4-14-7-5-8(17-13)16-6-15-7/h5-6H,1-4,13H2,(H2,14,15,16,17). The zero-order valence-corrected chi connectivity index (χ0v) is 9.09. The summed E-state index contributed by atoms with van der Waals surface area (Å²) in [6.45, 7) is 0.428. The summed E-state index contributed by atoms with van der Waals surface area (Å²) in [5.74, 6) is 6.12. The van der Waals surface area contributed by atoms with Gasteiger partial charge in [-0.25, -0.2) is 15.8 Å². The van der Waals surface area contributed by atoms with E-state index in [9.17, 15) is 13.2 Å². The molecule has 0 atom stereocenters. The molecular weight excluding hydrogens is 235 g/mol. The normalized spacial score (nSPS) is 11.3. The fourth-order valence-corrected chi connectivity index (χ4v) is 1.20. The maximum atomic E-state index is 11.8. The monoisotopic (exact) mass is 249 g/mol. The van der Waals surface area contributed by atoms with E-state index in [1.807, 2.05) is 0 Å². The number of nitrogen functional groups attached to an aromatic ring is 1. The number of unbranched alkanes of at least 4 members (excludes halogenated alkanes) is 1. The molecule has 1 rings (SSSR count). The van der Waals surface area contributed by atoms with Crippen LogP contribution in [0.2, 0.25) is 0 Å². The summed E-state index contributed by atoms with van der Waals surface area (Å²) in [4.78, 5) is 7.69. The van der Waals surface area contributed by atoms with Gasteiger partial charge < -0.3 is 10.7 Å². The fraction of sp³-hybridized carbons (Fsp3) is 0.556. The molecule has 0 spiro atoms. The zero-order chi connectivity index (χ0) is 12.7. The summed E-state index contributed by atoms with van der Waals surface area (Å²) in [6, 6.07) is 1.57. The van der Waals surface area contributed by atoms with Crippen molar-refractivity contribution in [2.24, 2.45) is 5.84 Å². The van der Waals surface area contributed by atoms with Crippen molar-refractivity contribution >= 4 is 11.6 Å². The van der Waals surface area contributed by atoms with Crippen LogP contribution in [0.4, 0.5) is 24.8 Å². The summed E-state index contributed by atoms with van der Waals surface area (Å²) >= 11 is 0. The third-order valence-electron chi connectivity index (χ3n) is 2.01. The van der Waals surface area contributed by atoms with Crippen molar-refractivity contribution in [3.05, 3.63) is 12.4 Å². The minimum atomic E-state index is -4.08. The van der Waals surface area contributed by atoms with Crippen LogP contribution >= 0.6 is 0 Å². The van der Waals surface area contributed by atoms with Crippen molar-refractivity contribution in [3.8, 4) is 0 Å². The average Bonchev–Trinajstić information content (AvgIpc) is 2.27. The first-order valence-corrected chi connectivity index (χ1v) is 5.10. The van der Waals surface area contributed by atoms with E-state index in [4.69, 9.17) is 5.84 Å². The number of alkyl halides is 3. The second-order valence-corrected chi connectivity index (χ2v) is 3.43. The highest BCUT2D eigenvalue weighted by atomic mass is 19.4. The average molecular weight is 249 g/mol. The van der Waals surface area contributed by atoms with Gasteiger partial charge in [0.15, 0.2) is 0 Å². The van der Waals surface area contributed by atoms with E-state index < -0.39 is 12.6 Å². The van der Waals surface area contributed by atoms with E-state index in [0.29, 0.717) is 24.6 Å². The Morgan fingerprint density at radius 1 is 1.18 bits per heavy atom. The van der Waals surface area contributed by atoms with Crippen molar-refractivity contribution in [2.45, 2.75) is 25.4 Å². The van der Waals surface area contributed by atoms with E-state index in [1.54, 1.807) is 6.07 Å². The molecule has 0 fully saturated rings. The number of nitrogens with one attached hydrogen (secondary N) is 2. The Bertz CT molecular complexity index is 342. The molecule has 4 N–H and O–H groups in total. The fourth-order valence-electron chi connectivity index (χ4n) is 1.20. The molecule has 0 amide bonds. The van der Waals surface area contributed by atoms with Crippen molar-refractivity contribution in [1.29, 1.82) is 0 Å². The lowest BCUT2D eigenvalue weighted by molar-refractivity contribution is -0.135. The molecule has 1 aromatic rings. The SMILES string of the molecule is NNc1cc(NCCCCC(F)(F)F)ncn1. The van der Waals surface area contributed by atoms with Crippen molar-refractivity contribution in [3.63, 3.8) is 0 Å². The first kappa shape index (κ1) is 13.5. The number of nitrogens with zero attached hydrogens (tertiary/aromatic N) is 2. The second kappa shape index (κ2) is 6.24. The summed E-state index contributed by atoms with van der Waals surface area (Å²) in [6.07, 6.45) is -2.99. The second-order valence-electron chi connectivity index (χ2n) is 3.43. The van der Waals surface area contributed by atoms with Crippen molar-refractivity contribution < 1.29 is 13.2 Å². The summed E-state index contributed by atoms with van der Waals surface area (Å²) in [5, 5.41) is 2.89. The predicted molar refractivity (Wildman–Crippen MR) is 58.2 cm³/mol. The van der Waals surface area contributed by atoms with E-state index in [-0.39, 0.29) is 6.42 Å². The molecule has 1 aromatic heterocycles. The van der Waals surface area contributed by atoms with Gasteiger partial charge in [-0.15, -0.1) is 0 Å². The Hall–Kier alpha value is -1.57. The molecule has 8 heteroatoms. The molecule has 0 bridgehead atoms. The molecule has 1 heterocycles. The first-order chi connectivity index (χ1) is 8.01. The van der Waals surface area contributed by atoms with Crippen LogP contribution in [-0.4, -0.2) is 22.7 Å². The van der Waals surface area contributed by atoms with Crippen LogP contribution in [0.1, 0.15) is 19.3 Å². The van der Waals surface area contributed by atoms with E-state index >= 15 is 0 Å². The number of nitrogens with two attached hydrogens (primary N) is 1. The molecule has 0 aliphatic rings. The van der Waals surface area contributed by atoms with Crippen LogP contribution in [0.25, 0.3) is 0 Å². The lowest BCUT2D eigenvalue weighted by Crippen LogP contribution is -2.11. The van der Waals surface area contributed by atoms with Crippen LogP contribution in [-0.2, 0) is 0 Å². The Morgan fingerprint density at radius 3 is 2.53 bits per heavy atom. The molecule has 5 nitrogen and oxygen atoms in total. The molecule has 0 aromatic carbocycles. The number of anilines is 2. The molecule has 0 unspecified atom stereocenters. The van der Waals surface area contributed by atoms with E-state index in [0.717, 1.165) is 0 Å². The van der Waals surface area contributed by atoms with Gasteiger partial charge in [-0.2, -0.15) is 13.2 Å². The Balaban J connectivity index is 2.22. The number of hydrazine groups is 1. The minimum Gasteiger partial charge on any atom is -0.370 e. The molecule has 0 aliphatic heterocycles. The topological polar surface area (TPSA) is 75.9 Å². The molecule has 0 saturated carbocycles. The number of hydrogen-bond acceptors (Lipinski definition) is 5. The Labute approximate surface area is 96.6 Å².